The first kappa shape index (κ1) is 17.2. The van der Waals surface area contributed by atoms with Crippen molar-refractivity contribution in [1.82, 2.24) is 0 Å². The van der Waals surface area contributed by atoms with Gasteiger partial charge in [-0.15, -0.1) is 0 Å². The smallest absolute Gasteiger partial charge is 0.341 e. The van der Waals surface area contributed by atoms with Gasteiger partial charge in [-0.25, -0.2) is 4.79 Å². The van der Waals surface area contributed by atoms with Crippen molar-refractivity contribution in [2.24, 2.45) is 0 Å². The first-order valence-corrected chi connectivity index (χ1v) is 7.30. The first-order valence-electron chi connectivity index (χ1n) is 7.30. The number of hydrogen-bond donors (Lipinski definition) is 1. The van der Waals surface area contributed by atoms with Crippen LogP contribution < -0.4 is 14.8 Å². The van der Waals surface area contributed by atoms with E-state index in [9.17, 15) is 4.79 Å². The lowest BCUT2D eigenvalue weighted by Gasteiger charge is -2.12. The third-order valence-electron chi connectivity index (χ3n) is 3.29. The number of carbonyl (C=O) groups is 1. The van der Waals surface area contributed by atoms with Crippen molar-refractivity contribution in [2.45, 2.75) is 6.04 Å². The third-order valence-corrected chi connectivity index (χ3v) is 3.29. The molecule has 0 heterocycles. The highest BCUT2D eigenvalue weighted by molar-refractivity contribution is 5.83. The number of esters is 1. The minimum absolute atomic E-state index is 0.452. The van der Waals surface area contributed by atoms with Gasteiger partial charge in [-0.3, -0.25) is 0 Å². The molecule has 0 saturated heterocycles. The average Bonchev–Trinajstić information content (AvgIpc) is 2.65. The Morgan fingerprint density at radius 3 is 1.96 bits per heavy atom. The van der Waals surface area contributed by atoms with Crippen LogP contribution in [-0.2, 0) is 9.53 Å². The van der Waals surface area contributed by atoms with Gasteiger partial charge in [-0.2, -0.15) is 0 Å². The fourth-order valence-electron chi connectivity index (χ4n) is 1.96. The Hall–Kier alpha value is -3.13. The van der Waals surface area contributed by atoms with Gasteiger partial charge in [0.2, 0.25) is 0 Å². The Morgan fingerprint density at radius 2 is 1.46 bits per heavy atom. The molecule has 0 saturated carbocycles. The van der Waals surface area contributed by atoms with E-state index in [0.717, 1.165) is 22.7 Å². The lowest BCUT2D eigenvalue weighted by atomic mass is 10.2. The maximum atomic E-state index is 11.9. The number of methoxy groups -OCH3 is 3. The lowest BCUT2D eigenvalue weighted by molar-refractivity contribution is -0.140. The van der Waals surface area contributed by atoms with Crippen LogP contribution in [0.1, 0.15) is 5.56 Å². The molecule has 0 aromatic heterocycles. The summed E-state index contributed by atoms with van der Waals surface area (Å²) in [7, 11) is 4.53. The molecule has 0 aliphatic rings. The van der Waals surface area contributed by atoms with Crippen molar-refractivity contribution in [3.8, 4) is 23.3 Å². The van der Waals surface area contributed by atoms with Gasteiger partial charge in [-0.1, -0.05) is 11.8 Å². The standard InChI is InChI=1S/C19H19NO4/c1-22-16-9-4-14(5-10-16)6-13-18(19(21)24-3)20-15-7-11-17(23-2)12-8-15/h4-5,7-12,18,20H,1-3H3/t18-/m1/s1. The Labute approximate surface area is 141 Å². The van der Waals surface area contributed by atoms with E-state index in [1.54, 1.807) is 26.4 Å². The molecular formula is C19H19NO4. The van der Waals surface area contributed by atoms with E-state index in [0.29, 0.717) is 0 Å². The first-order chi connectivity index (χ1) is 11.7. The van der Waals surface area contributed by atoms with Gasteiger partial charge in [0.05, 0.1) is 21.3 Å². The second-order valence-electron chi connectivity index (χ2n) is 4.83. The van der Waals surface area contributed by atoms with Gasteiger partial charge in [0.25, 0.3) is 0 Å². The summed E-state index contributed by atoms with van der Waals surface area (Å²) in [5, 5.41) is 3.05. The molecule has 5 nitrogen and oxygen atoms in total. The largest absolute Gasteiger partial charge is 0.497 e. The number of nitrogens with one attached hydrogen (secondary N) is 1. The molecule has 24 heavy (non-hydrogen) atoms. The highest BCUT2D eigenvalue weighted by atomic mass is 16.5. The quantitative estimate of drug-likeness (QED) is 0.677. The van der Waals surface area contributed by atoms with Crippen LogP contribution in [0.2, 0.25) is 0 Å². The zero-order valence-corrected chi connectivity index (χ0v) is 13.8. The number of ether oxygens (including phenoxy) is 3. The fourth-order valence-corrected chi connectivity index (χ4v) is 1.96. The average molecular weight is 325 g/mol. The Kier molecular flexibility index (Phi) is 6.09. The lowest BCUT2D eigenvalue weighted by Crippen LogP contribution is -2.29. The van der Waals surface area contributed by atoms with Gasteiger partial charge < -0.3 is 19.5 Å². The highest BCUT2D eigenvalue weighted by Gasteiger charge is 2.16. The van der Waals surface area contributed by atoms with Crippen LogP contribution in [0.4, 0.5) is 5.69 Å². The molecule has 0 amide bonds. The van der Waals surface area contributed by atoms with Crippen LogP contribution in [0.5, 0.6) is 11.5 Å². The molecule has 1 atom stereocenters. The maximum Gasteiger partial charge on any atom is 0.341 e. The van der Waals surface area contributed by atoms with E-state index in [2.05, 4.69) is 17.2 Å². The summed E-state index contributed by atoms with van der Waals surface area (Å²) < 4.78 is 15.0. The normalized spacial score (nSPS) is 10.8. The third kappa shape index (κ3) is 4.68. The summed E-state index contributed by atoms with van der Waals surface area (Å²) in [6, 6.07) is 13.7. The number of rotatable bonds is 5. The SMILES string of the molecule is COC(=O)[C@@H](C#Cc1ccc(OC)cc1)Nc1ccc(OC)cc1. The van der Waals surface area contributed by atoms with Crippen LogP contribution in [0, 0.1) is 11.8 Å². The summed E-state index contributed by atoms with van der Waals surface area (Å²) in [4.78, 5) is 11.9. The zero-order chi connectivity index (χ0) is 17.4. The van der Waals surface area contributed by atoms with Crippen LogP contribution in [-0.4, -0.2) is 33.3 Å². The monoisotopic (exact) mass is 325 g/mol. The van der Waals surface area contributed by atoms with Gasteiger partial charge in [-0.05, 0) is 48.5 Å². The topological polar surface area (TPSA) is 56.8 Å². The predicted octanol–water partition coefficient (Wildman–Crippen LogP) is 2.71. The van der Waals surface area contributed by atoms with E-state index in [-0.39, 0.29) is 0 Å². The number of anilines is 1. The molecule has 0 unspecified atom stereocenters. The minimum atomic E-state index is -0.773. The molecule has 0 aliphatic carbocycles. The molecule has 2 aromatic carbocycles. The molecule has 0 aliphatic heterocycles. The molecule has 124 valence electrons. The van der Waals surface area contributed by atoms with Gasteiger partial charge in [0.1, 0.15) is 11.5 Å². The number of benzene rings is 2. The number of hydrogen-bond acceptors (Lipinski definition) is 5. The van der Waals surface area contributed by atoms with Crippen LogP contribution >= 0.6 is 0 Å². The molecule has 0 fully saturated rings. The van der Waals surface area contributed by atoms with E-state index < -0.39 is 12.0 Å². The Bertz CT molecular complexity index is 727. The molecule has 0 radical (unpaired) electrons. The molecule has 1 N–H and O–H groups in total. The van der Waals surface area contributed by atoms with Crippen molar-refractivity contribution >= 4 is 11.7 Å². The summed E-state index contributed by atoms with van der Waals surface area (Å²) in [5.41, 5.74) is 1.52. The minimum Gasteiger partial charge on any atom is -0.497 e. The van der Waals surface area contributed by atoms with E-state index in [4.69, 9.17) is 14.2 Å². The molecule has 2 aromatic rings. The van der Waals surface area contributed by atoms with Gasteiger partial charge in [0.15, 0.2) is 6.04 Å². The van der Waals surface area contributed by atoms with Gasteiger partial charge >= 0.3 is 5.97 Å². The Morgan fingerprint density at radius 1 is 0.917 bits per heavy atom. The summed E-state index contributed by atoms with van der Waals surface area (Å²) in [6.45, 7) is 0. The van der Waals surface area contributed by atoms with E-state index >= 15 is 0 Å². The maximum absolute atomic E-state index is 11.9. The molecule has 2 rings (SSSR count). The van der Waals surface area contributed by atoms with Crippen molar-refractivity contribution in [3.05, 3.63) is 54.1 Å². The van der Waals surface area contributed by atoms with Crippen LogP contribution in [0.3, 0.4) is 0 Å². The molecule has 0 spiro atoms. The zero-order valence-electron chi connectivity index (χ0n) is 13.8. The highest BCUT2D eigenvalue weighted by Crippen LogP contribution is 2.16. The number of carbonyl (C=O) groups excluding carboxylic acids is 1. The van der Waals surface area contributed by atoms with Crippen molar-refractivity contribution < 1.29 is 19.0 Å². The predicted molar refractivity (Wildman–Crippen MR) is 92.3 cm³/mol. The van der Waals surface area contributed by atoms with Crippen LogP contribution in [0.15, 0.2) is 48.5 Å². The van der Waals surface area contributed by atoms with E-state index in [1.807, 2.05) is 36.4 Å². The Balaban J connectivity index is 2.15. The van der Waals surface area contributed by atoms with Crippen molar-refractivity contribution in [2.75, 3.05) is 26.6 Å². The second-order valence-corrected chi connectivity index (χ2v) is 4.83. The summed E-state index contributed by atoms with van der Waals surface area (Å²) in [6.07, 6.45) is 0. The van der Waals surface area contributed by atoms with E-state index in [1.165, 1.54) is 7.11 Å². The molecular weight excluding hydrogens is 306 g/mol. The second kappa shape index (κ2) is 8.49. The summed E-state index contributed by atoms with van der Waals surface area (Å²) in [5.74, 6) is 6.89. The molecule has 5 heteroatoms. The van der Waals surface area contributed by atoms with Crippen LogP contribution in [0.25, 0.3) is 0 Å². The van der Waals surface area contributed by atoms with Gasteiger partial charge in [0, 0.05) is 11.3 Å². The van der Waals surface area contributed by atoms with Crippen molar-refractivity contribution in [3.63, 3.8) is 0 Å². The summed E-state index contributed by atoms with van der Waals surface area (Å²) >= 11 is 0. The van der Waals surface area contributed by atoms with Crippen molar-refractivity contribution in [1.29, 1.82) is 0 Å². The fraction of sp³-hybridized carbons (Fsp3) is 0.211. The molecule has 0 bridgehead atoms.